The van der Waals surface area contributed by atoms with Gasteiger partial charge in [-0.25, -0.2) is 0 Å². The molecule has 1 heteroatoms. The third kappa shape index (κ3) is 1.39. The van der Waals surface area contributed by atoms with Gasteiger partial charge in [0.15, 0.2) is 0 Å². The van der Waals surface area contributed by atoms with Gasteiger partial charge >= 0.3 is 0 Å². The second-order valence-electron chi connectivity index (χ2n) is 6.22. The van der Waals surface area contributed by atoms with Crippen molar-refractivity contribution in [3.05, 3.63) is 0 Å². The molecule has 1 fully saturated rings. The summed E-state index contributed by atoms with van der Waals surface area (Å²) in [6, 6.07) is 0. The van der Waals surface area contributed by atoms with Crippen LogP contribution in [-0.2, 0) is 4.74 Å². The molecule has 0 saturated carbocycles. The highest BCUT2D eigenvalue weighted by Gasteiger charge is 2.63. The maximum Gasteiger partial charge on any atom is 0.0973 e. The van der Waals surface area contributed by atoms with Crippen LogP contribution in [0.4, 0.5) is 0 Å². The second-order valence-corrected chi connectivity index (χ2v) is 6.22. The Morgan fingerprint density at radius 1 is 1.00 bits per heavy atom. The summed E-state index contributed by atoms with van der Waals surface area (Å²) in [5.74, 6) is 0. The molecule has 2 unspecified atom stereocenters. The Balaban J connectivity index is 2.73. The van der Waals surface area contributed by atoms with Crippen molar-refractivity contribution in [2.75, 3.05) is 0 Å². The van der Waals surface area contributed by atoms with Crippen molar-refractivity contribution in [1.82, 2.24) is 0 Å². The predicted molar refractivity (Wildman–Crippen MR) is 52.2 cm³/mol. The normalized spacial score (nSPS) is 36.8. The Kier molecular flexibility index (Phi) is 1.89. The van der Waals surface area contributed by atoms with E-state index in [2.05, 4.69) is 48.5 Å². The van der Waals surface area contributed by atoms with Crippen LogP contribution >= 0.6 is 0 Å². The Morgan fingerprint density at radius 3 is 1.50 bits per heavy atom. The molecule has 0 N–H and O–H groups in total. The SMILES string of the molecule is CC(C)(C)C1OC1(C)C(C)(C)C. The third-order valence-corrected chi connectivity index (χ3v) is 3.08. The van der Waals surface area contributed by atoms with Gasteiger partial charge in [-0.05, 0) is 17.8 Å². The first kappa shape index (κ1) is 10.0. The lowest BCUT2D eigenvalue weighted by Crippen LogP contribution is -2.33. The molecular weight excluding hydrogens is 148 g/mol. The summed E-state index contributed by atoms with van der Waals surface area (Å²) in [6.45, 7) is 15.7. The van der Waals surface area contributed by atoms with Crippen LogP contribution in [-0.4, -0.2) is 11.7 Å². The van der Waals surface area contributed by atoms with Crippen molar-refractivity contribution in [3.63, 3.8) is 0 Å². The molecule has 1 aliphatic heterocycles. The Bertz CT molecular complexity index is 182. The standard InChI is InChI=1S/C11H22O/c1-9(2,3)8-11(7,12-8)10(4,5)6/h8H,1-7H3. The Labute approximate surface area is 76.5 Å². The van der Waals surface area contributed by atoms with Gasteiger partial charge in [-0.3, -0.25) is 0 Å². The molecule has 72 valence electrons. The van der Waals surface area contributed by atoms with E-state index in [0.29, 0.717) is 6.10 Å². The monoisotopic (exact) mass is 170 g/mol. The summed E-state index contributed by atoms with van der Waals surface area (Å²) in [6.07, 6.45) is 0.421. The van der Waals surface area contributed by atoms with E-state index in [1.54, 1.807) is 0 Å². The fourth-order valence-corrected chi connectivity index (χ4v) is 1.78. The van der Waals surface area contributed by atoms with E-state index in [4.69, 9.17) is 4.74 Å². The molecule has 1 saturated heterocycles. The quantitative estimate of drug-likeness (QED) is 0.508. The summed E-state index contributed by atoms with van der Waals surface area (Å²) in [4.78, 5) is 0. The zero-order valence-electron chi connectivity index (χ0n) is 9.49. The first-order chi connectivity index (χ1) is 5.09. The summed E-state index contributed by atoms with van der Waals surface area (Å²) in [7, 11) is 0. The van der Waals surface area contributed by atoms with Crippen LogP contribution in [0.25, 0.3) is 0 Å². The lowest BCUT2D eigenvalue weighted by molar-refractivity contribution is 0.170. The van der Waals surface area contributed by atoms with Gasteiger partial charge in [-0.15, -0.1) is 0 Å². The van der Waals surface area contributed by atoms with Crippen LogP contribution in [0.5, 0.6) is 0 Å². The van der Waals surface area contributed by atoms with Crippen molar-refractivity contribution in [2.45, 2.75) is 60.2 Å². The Hall–Kier alpha value is -0.0400. The van der Waals surface area contributed by atoms with Gasteiger partial charge in [0.1, 0.15) is 0 Å². The number of ether oxygens (including phenoxy) is 1. The van der Waals surface area contributed by atoms with E-state index in [-0.39, 0.29) is 16.4 Å². The molecule has 1 aliphatic rings. The minimum atomic E-state index is 0.0885. The molecule has 0 amide bonds. The molecule has 0 aromatic carbocycles. The fraction of sp³-hybridized carbons (Fsp3) is 1.00. The van der Waals surface area contributed by atoms with Crippen LogP contribution < -0.4 is 0 Å². The summed E-state index contributed by atoms with van der Waals surface area (Å²) >= 11 is 0. The van der Waals surface area contributed by atoms with Crippen LogP contribution in [0, 0.1) is 10.8 Å². The van der Waals surface area contributed by atoms with Crippen molar-refractivity contribution >= 4 is 0 Å². The van der Waals surface area contributed by atoms with Crippen LogP contribution in [0.3, 0.4) is 0 Å². The van der Waals surface area contributed by atoms with Crippen molar-refractivity contribution in [3.8, 4) is 0 Å². The topological polar surface area (TPSA) is 12.5 Å². The number of hydrogen-bond donors (Lipinski definition) is 0. The lowest BCUT2D eigenvalue weighted by Gasteiger charge is -2.27. The van der Waals surface area contributed by atoms with Gasteiger partial charge in [-0.2, -0.15) is 0 Å². The lowest BCUT2D eigenvalue weighted by atomic mass is 9.73. The van der Waals surface area contributed by atoms with Gasteiger partial charge in [0.2, 0.25) is 0 Å². The minimum Gasteiger partial charge on any atom is -0.365 e. The maximum absolute atomic E-state index is 5.83. The third-order valence-electron chi connectivity index (χ3n) is 3.08. The highest BCUT2D eigenvalue weighted by Crippen LogP contribution is 2.56. The highest BCUT2D eigenvalue weighted by molar-refractivity contribution is 5.10. The van der Waals surface area contributed by atoms with Gasteiger partial charge in [0.25, 0.3) is 0 Å². The van der Waals surface area contributed by atoms with E-state index >= 15 is 0 Å². The highest BCUT2D eigenvalue weighted by atomic mass is 16.6. The number of epoxide rings is 1. The largest absolute Gasteiger partial charge is 0.365 e. The second kappa shape index (κ2) is 2.25. The van der Waals surface area contributed by atoms with Crippen molar-refractivity contribution in [2.24, 2.45) is 10.8 Å². The first-order valence-corrected chi connectivity index (χ1v) is 4.77. The molecule has 1 heterocycles. The molecule has 2 atom stereocenters. The van der Waals surface area contributed by atoms with E-state index in [1.165, 1.54) is 0 Å². The summed E-state index contributed by atoms with van der Waals surface area (Å²) < 4.78 is 5.83. The van der Waals surface area contributed by atoms with E-state index in [0.717, 1.165) is 0 Å². The zero-order valence-corrected chi connectivity index (χ0v) is 9.49. The smallest absolute Gasteiger partial charge is 0.0973 e. The number of hydrogen-bond acceptors (Lipinski definition) is 1. The van der Waals surface area contributed by atoms with E-state index < -0.39 is 0 Å². The number of rotatable bonds is 0. The Morgan fingerprint density at radius 2 is 1.42 bits per heavy atom. The molecule has 1 rings (SSSR count). The predicted octanol–water partition coefficient (Wildman–Crippen LogP) is 3.24. The summed E-state index contributed by atoms with van der Waals surface area (Å²) in [5, 5.41) is 0. The molecule has 0 aromatic rings. The molecular formula is C11H22O. The molecule has 0 aliphatic carbocycles. The average Bonchev–Trinajstić information content (AvgIpc) is 2.38. The van der Waals surface area contributed by atoms with Gasteiger partial charge in [0, 0.05) is 0 Å². The van der Waals surface area contributed by atoms with Crippen molar-refractivity contribution < 1.29 is 4.74 Å². The zero-order chi connectivity index (χ0) is 9.78. The van der Waals surface area contributed by atoms with E-state index in [9.17, 15) is 0 Å². The first-order valence-electron chi connectivity index (χ1n) is 4.77. The average molecular weight is 170 g/mol. The van der Waals surface area contributed by atoms with Crippen molar-refractivity contribution in [1.29, 1.82) is 0 Å². The van der Waals surface area contributed by atoms with Crippen LogP contribution in [0.15, 0.2) is 0 Å². The molecule has 0 radical (unpaired) electrons. The molecule has 0 spiro atoms. The maximum atomic E-state index is 5.83. The molecule has 12 heavy (non-hydrogen) atoms. The van der Waals surface area contributed by atoms with Gasteiger partial charge in [-0.1, -0.05) is 41.5 Å². The minimum absolute atomic E-state index is 0.0885. The van der Waals surface area contributed by atoms with E-state index in [1.807, 2.05) is 0 Å². The van der Waals surface area contributed by atoms with Gasteiger partial charge < -0.3 is 4.74 Å². The fourth-order valence-electron chi connectivity index (χ4n) is 1.78. The van der Waals surface area contributed by atoms with Crippen LogP contribution in [0.2, 0.25) is 0 Å². The molecule has 1 nitrogen and oxygen atoms in total. The van der Waals surface area contributed by atoms with Gasteiger partial charge in [0.05, 0.1) is 11.7 Å². The molecule has 0 bridgehead atoms. The molecule has 0 aromatic heterocycles. The summed E-state index contributed by atoms with van der Waals surface area (Å²) in [5.41, 5.74) is 0.623. The van der Waals surface area contributed by atoms with Crippen LogP contribution in [0.1, 0.15) is 48.5 Å².